The van der Waals surface area contributed by atoms with Crippen LogP contribution in [0.3, 0.4) is 0 Å². The van der Waals surface area contributed by atoms with Gasteiger partial charge in [-0.15, -0.1) is 0 Å². The first-order valence-corrected chi connectivity index (χ1v) is 3.88. The zero-order valence-electron chi connectivity index (χ0n) is 6.82. The molecule has 1 heterocycles. The zero-order valence-corrected chi connectivity index (χ0v) is 6.82. The summed E-state index contributed by atoms with van der Waals surface area (Å²) in [5.74, 6) is 0. The SMILES string of the molecule is O=Cc1c(CO)ccc2[nH]cnc12. The van der Waals surface area contributed by atoms with Crippen LogP contribution in [0.25, 0.3) is 11.0 Å². The lowest BCUT2D eigenvalue weighted by Gasteiger charge is -2.00. The molecule has 2 aromatic rings. The van der Waals surface area contributed by atoms with Crippen molar-refractivity contribution in [3.05, 3.63) is 29.6 Å². The number of aliphatic hydroxyl groups excluding tert-OH is 1. The van der Waals surface area contributed by atoms with Crippen LogP contribution in [0, 0.1) is 0 Å². The van der Waals surface area contributed by atoms with Gasteiger partial charge in [0.15, 0.2) is 6.29 Å². The average Bonchev–Trinajstić information content (AvgIpc) is 2.63. The standard InChI is InChI=1S/C9H8N2O2/c12-3-6-1-2-8-9(7(6)4-13)11-5-10-8/h1-2,4-5,12H,3H2,(H,10,11). The maximum atomic E-state index is 10.7. The van der Waals surface area contributed by atoms with Crippen LogP contribution in [-0.2, 0) is 6.61 Å². The number of hydrogen-bond acceptors (Lipinski definition) is 3. The average molecular weight is 176 g/mol. The molecule has 1 aromatic heterocycles. The van der Waals surface area contributed by atoms with Gasteiger partial charge >= 0.3 is 0 Å². The number of fused-ring (bicyclic) bond motifs is 1. The number of aromatic amines is 1. The van der Waals surface area contributed by atoms with E-state index in [1.165, 1.54) is 6.33 Å². The number of imidazole rings is 1. The quantitative estimate of drug-likeness (QED) is 0.667. The summed E-state index contributed by atoms with van der Waals surface area (Å²) in [5.41, 5.74) is 2.48. The van der Waals surface area contributed by atoms with E-state index in [2.05, 4.69) is 9.97 Å². The van der Waals surface area contributed by atoms with E-state index in [1.54, 1.807) is 12.1 Å². The summed E-state index contributed by atoms with van der Waals surface area (Å²) in [5, 5.41) is 8.95. The summed E-state index contributed by atoms with van der Waals surface area (Å²) in [7, 11) is 0. The first-order chi connectivity index (χ1) is 6.36. The highest BCUT2D eigenvalue weighted by atomic mass is 16.3. The summed E-state index contributed by atoms with van der Waals surface area (Å²) in [6.07, 6.45) is 2.24. The van der Waals surface area contributed by atoms with Gasteiger partial charge in [0.2, 0.25) is 0 Å². The fourth-order valence-electron chi connectivity index (χ4n) is 1.34. The Kier molecular flexibility index (Phi) is 1.83. The number of carbonyl (C=O) groups excluding carboxylic acids is 1. The fourth-order valence-corrected chi connectivity index (χ4v) is 1.34. The summed E-state index contributed by atoms with van der Waals surface area (Å²) in [4.78, 5) is 17.6. The van der Waals surface area contributed by atoms with E-state index in [-0.39, 0.29) is 6.61 Å². The van der Waals surface area contributed by atoms with Crippen LogP contribution >= 0.6 is 0 Å². The van der Waals surface area contributed by atoms with Crippen molar-refractivity contribution in [1.82, 2.24) is 9.97 Å². The van der Waals surface area contributed by atoms with Crippen molar-refractivity contribution in [2.24, 2.45) is 0 Å². The summed E-state index contributed by atoms with van der Waals surface area (Å²) in [6, 6.07) is 3.51. The van der Waals surface area contributed by atoms with Crippen molar-refractivity contribution in [2.75, 3.05) is 0 Å². The molecule has 0 bridgehead atoms. The number of aldehydes is 1. The number of aliphatic hydroxyl groups is 1. The van der Waals surface area contributed by atoms with Crippen LogP contribution < -0.4 is 0 Å². The van der Waals surface area contributed by atoms with Gasteiger partial charge in [-0.2, -0.15) is 0 Å². The number of nitrogens with one attached hydrogen (secondary N) is 1. The minimum Gasteiger partial charge on any atom is -0.392 e. The molecule has 0 unspecified atom stereocenters. The monoisotopic (exact) mass is 176 g/mol. The highest BCUT2D eigenvalue weighted by Gasteiger charge is 2.07. The number of nitrogens with zero attached hydrogens (tertiary/aromatic N) is 1. The van der Waals surface area contributed by atoms with Crippen LogP contribution in [0.5, 0.6) is 0 Å². The molecule has 0 aliphatic rings. The number of rotatable bonds is 2. The van der Waals surface area contributed by atoms with Gasteiger partial charge in [-0.05, 0) is 11.6 Å². The summed E-state index contributed by atoms with van der Waals surface area (Å²) < 4.78 is 0. The van der Waals surface area contributed by atoms with Gasteiger partial charge in [0.05, 0.1) is 24.0 Å². The smallest absolute Gasteiger partial charge is 0.152 e. The van der Waals surface area contributed by atoms with E-state index in [0.29, 0.717) is 22.9 Å². The van der Waals surface area contributed by atoms with E-state index < -0.39 is 0 Å². The van der Waals surface area contributed by atoms with Crippen molar-refractivity contribution in [3.8, 4) is 0 Å². The van der Waals surface area contributed by atoms with Crippen LogP contribution in [0.15, 0.2) is 18.5 Å². The lowest BCUT2D eigenvalue weighted by atomic mass is 10.1. The van der Waals surface area contributed by atoms with Crippen molar-refractivity contribution < 1.29 is 9.90 Å². The maximum Gasteiger partial charge on any atom is 0.152 e. The molecule has 0 aliphatic carbocycles. The molecule has 0 amide bonds. The normalized spacial score (nSPS) is 10.5. The Labute approximate surface area is 74.2 Å². The molecule has 0 atom stereocenters. The van der Waals surface area contributed by atoms with Gasteiger partial charge in [0, 0.05) is 5.56 Å². The lowest BCUT2D eigenvalue weighted by molar-refractivity contribution is 0.112. The fraction of sp³-hybridized carbons (Fsp3) is 0.111. The minimum atomic E-state index is -0.142. The minimum absolute atomic E-state index is 0.142. The Morgan fingerprint density at radius 2 is 2.38 bits per heavy atom. The molecule has 0 spiro atoms. The Morgan fingerprint density at radius 3 is 3.08 bits per heavy atom. The maximum absolute atomic E-state index is 10.7. The molecule has 0 radical (unpaired) electrons. The van der Waals surface area contributed by atoms with Gasteiger partial charge in [-0.3, -0.25) is 4.79 Å². The predicted molar refractivity (Wildman–Crippen MR) is 47.4 cm³/mol. The largest absolute Gasteiger partial charge is 0.392 e. The molecular weight excluding hydrogens is 168 g/mol. The van der Waals surface area contributed by atoms with Crippen molar-refractivity contribution in [1.29, 1.82) is 0 Å². The first-order valence-electron chi connectivity index (χ1n) is 3.88. The highest BCUT2D eigenvalue weighted by Crippen LogP contribution is 2.17. The second-order valence-corrected chi connectivity index (χ2v) is 2.71. The Bertz CT molecular complexity index is 448. The molecule has 0 aliphatic heterocycles. The van der Waals surface area contributed by atoms with E-state index in [0.717, 1.165) is 5.52 Å². The third-order valence-corrected chi connectivity index (χ3v) is 2.01. The van der Waals surface area contributed by atoms with E-state index >= 15 is 0 Å². The van der Waals surface area contributed by atoms with E-state index in [1.807, 2.05) is 0 Å². The van der Waals surface area contributed by atoms with Crippen LogP contribution in [0.2, 0.25) is 0 Å². The Morgan fingerprint density at radius 1 is 1.54 bits per heavy atom. The van der Waals surface area contributed by atoms with Gasteiger partial charge in [0.1, 0.15) is 0 Å². The van der Waals surface area contributed by atoms with Gasteiger partial charge < -0.3 is 10.1 Å². The van der Waals surface area contributed by atoms with Gasteiger partial charge in [0.25, 0.3) is 0 Å². The number of carbonyl (C=O) groups is 1. The second kappa shape index (κ2) is 2.99. The molecule has 4 nitrogen and oxygen atoms in total. The molecule has 66 valence electrons. The summed E-state index contributed by atoms with van der Waals surface area (Å²) >= 11 is 0. The first kappa shape index (κ1) is 7.94. The summed E-state index contributed by atoms with van der Waals surface area (Å²) in [6.45, 7) is -0.142. The third kappa shape index (κ3) is 1.11. The lowest BCUT2D eigenvalue weighted by Crippen LogP contribution is -1.93. The van der Waals surface area contributed by atoms with E-state index in [4.69, 9.17) is 5.11 Å². The van der Waals surface area contributed by atoms with Crippen molar-refractivity contribution in [2.45, 2.75) is 6.61 Å². The molecular formula is C9H8N2O2. The molecule has 2 N–H and O–H groups in total. The molecule has 1 aromatic carbocycles. The zero-order chi connectivity index (χ0) is 9.26. The number of H-pyrrole nitrogens is 1. The van der Waals surface area contributed by atoms with Crippen LogP contribution in [0.4, 0.5) is 0 Å². The molecule has 2 rings (SSSR count). The highest BCUT2D eigenvalue weighted by molar-refractivity contribution is 5.95. The van der Waals surface area contributed by atoms with Crippen LogP contribution in [0.1, 0.15) is 15.9 Å². The Balaban J connectivity index is 2.81. The third-order valence-electron chi connectivity index (χ3n) is 2.01. The number of aromatic nitrogens is 2. The molecule has 0 saturated carbocycles. The molecule has 0 saturated heterocycles. The molecule has 4 heteroatoms. The number of hydrogen-bond donors (Lipinski definition) is 2. The van der Waals surface area contributed by atoms with Crippen molar-refractivity contribution in [3.63, 3.8) is 0 Å². The number of benzene rings is 1. The second-order valence-electron chi connectivity index (χ2n) is 2.71. The van der Waals surface area contributed by atoms with Crippen molar-refractivity contribution >= 4 is 17.3 Å². The van der Waals surface area contributed by atoms with Gasteiger partial charge in [-0.25, -0.2) is 4.98 Å². The molecule has 13 heavy (non-hydrogen) atoms. The van der Waals surface area contributed by atoms with Crippen LogP contribution in [-0.4, -0.2) is 21.4 Å². The predicted octanol–water partition coefficient (Wildman–Crippen LogP) is 0.868. The van der Waals surface area contributed by atoms with Gasteiger partial charge in [-0.1, -0.05) is 6.07 Å². The Hall–Kier alpha value is -1.68. The van der Waals surface area contributed by atoms with E-state index in [9.17, 15) is 4.79 Å². The molecule has 0 fully saturated rings. The topological polar surface area (TPSA) is 66.0 Å².